The fourth-order valence-corrected chi connectivity index (χ4v) is 4.69. The number of hydrogen-bond acceptors (Lipinski definition) is 5. The number of hydrogen-bond donors (Lipinski definition) is 0. The van der Waals surface area contributed by atoms with Gasteiger partial charge in [0.05, 0.1) is 4.90 Å². The highest BCUT2D eigenvalue weighted by Crippen LogP contribution is 2.21. The maximum atomic E-state index is 12.6. The number of nitrogens with zero attached hydrogens (tertiary/aromatic N) is 2. The minimum absolute atomic E-state index is 0.180. The number of carbonyl (C=O) groups excluding carboxylic acids is 1. The largest absolute Gasteiger partial charge is 0.455 e. The van der Waals surface area contributed by atoms with Gasteiger partial charge in [-0.05, 0) is 37.2 Å². The van der Waals surface area contributed by atoms with E-state index in [-0.39, 0.29) is 23.2 Å². The Morgan fingerprint density at radius 1 is 1.08 bits per heavy atom. The third-order valence-corrected chi connectivity index (χ3v) is 6.53. The zero-order valence-electron chi connectivity index (χ0n) is 15.1. The Balaban J connectivity index is 1.70. The van der Waals surface area contributed by atoms with E-state index < -0.39 is 9.84 Å². The predicted octanol–water partition coefficient (Wildman–Crippen LogP) is 2.34. The van der Waals surface area contributed by atoms with Crippen LogP contribution in [0.3, 0.4) is 0 Å². The average molecular weight is 376 g/mol. The van der Waals surface area contributed by atoms with E-state index in [1.807, 2.05) is 0 Å². The van der Waals surface area contributed by atoms with E-state index in [0.717, 1.165) is 19.6 Å². The first-order valence-electron chi connectivity index (χ1n) is 8.79. The molecule has 0 atom stereocenters. The number of rotatable bonds is 5. The van der Waals surface area contributed by atoms with Crippen molar-refractivity contribution in [3.63, 3.8) is 0 Å². The third kappa shape index (κ3) is 3.99. The molecule has 7 heteroatoms. The van der Waals surface area contributed by atoms with Gasteiger partial charge in [-0.25, -0.2) is 8.42 Å². The Labute approximate surface area is 154 Å². The summed E-state index contributed by atoms with van der Waals surface area (Å²) >= 11 is 0. The average Bonchev–Trinajstić information content (AvgIpc) is 3.09. The minimum Gasteiger partial charge on any atom is -0.455 e. The van der Waals surface area contributed by atoms with Crippen LogP contribution in [0.5, 0.6) is 0 Å². The summed E-state index contributed by atoms with van der Waals surface area (Å²) in [5, 5.41) is 0. The number of benzene rings is 1. The van der Waals surface area contributed by atoms with Crippen molar-refractivity contribution >= 4 is 15.7 Å². The van der Waals surface area contributed by atoms with Gasteiger partial charge in [0, 0.05) is 26.2 Å². The maximum Gasteiger partial charge on any atom is 0.289 e. The van der Waals surface area contributed by atoms with Crippen molar-refractivity contribution in [1.82, 2.24) is 9.80 Å². The highest BCUT2D eigenvalue weighted by molar-refractivity contribution is 7.90. The summed E-state index contributed by atoms with van der Waals surface area (Å²) in [6, 6.07) is 10.00. The molecule has 0 spiro atoms. The van der Waals surface area contributed by atoms with Crippen LogP contribution in [0, 0.1) is 6.92 Å². The van der Waals surface area contributed by atoms with Gasteiger partial charge in [-0.2, -0.15) is 0 Å². The fraction of sp³-hybridized carbons (Fsp3) is 0.421. The van der Waals surface area contributed by atoms with Gasteiger partial charge in [-0.1, -0.05) is 25.1 Å². The Morgan fingerprint density at radius 2 is 1.77 bits per heavy atom. The number of aryl methyl sites for hydroxylation is 1. The van der Waals surface area contributed by atoms with Crippen molar-refractivity contribution in [2.24, 2.45) is 0 Å². The van der Waals surface area contributed by atoms with Gasteiger partial charge in [-0.3, -0.25) is 4.79 Å². The molecule has 0 radical (unpaired) electrons. The molecule has 0 aliphatic carbocycles. The first kappa shape index (κ1) is 18.7. The predicted molar refractivity (Wildman–Crippen MR) is 98.8 cm³/mol. The topological polar surface area (TPSA) is 70.8 Å². The SMILES string of the molecule is CCN1CCN(C(=O)c2ccc(CS(=O)(=O)c3ccccc3C)o2)CC1. The molecule has 1 aliphatic heterocycles. The molecule has 140 valence electrons. The molecule has 1 aromatic carbocycles. The van der Waals surface area contributed by atoms with Crippen LogP contribution in [-0.2, 0) is 15.6 Å². The minimum atomic E-state index is -3.52. The van der Waals surface area contributed by atoms with Crippen LogP contribution in [0.2, 0.25) is 0 Å². The number of furan rings is 1. The lowest BCUT2D eigenvalue weighted by molar-refractivity contribution is 0.0611. The summed E-state index contributed by atoms with van der Waals surface area (Å²) in [5.41, 5.74) is 0.698. The third-order valence-electron chi connectivity index (χ3n) is 4.74. The molecule has 2 aromatic rings. The van der Waals surface area contributed by atoms with Crippen LogP contribution in [0.15, 0.2) is 45.7 Å². The molecule has 2 heterocycles. The molecule has 1 fully saturated rings. The number of amides is 1. The fourth-order valence-electron chi connectivity index (χ4n) is 3.16. The summed E-state index contributed by atoms with van der Waals surface area (Å²) in [7, 11) is -3.52. The second-order valence-electron chi connectivity index (χ2n) is 6.52. The normalized spacial score (nSPS) is 16.0. The van der Waals surface area contributed by atoms with Crippen LogP contribution in [0.25, 0.3) is 0 Å². The lowest BCUT2D eigenvalue weighted by Crippen LogP contribution is -2.48. The van der Waals surface area contributed by atoms with Crippen LogP contribution in [0.1, 0.15) is 28.8 Å². The number of carbonyl (C=O) groups is 1. The first-order valence-corrected chi connectivity index (χ1v) is 10.4. The second-order valence-corrected chi connectivity index (χ2v) is 8.48. The molecule has 0 saturated carbocycles. The summed E-state index contributed by atoms with van der Waals surface area (Å²) in [6.45, 7) is 7.85. The van der Waals surface area contributed by atoms with Gasteiger partial charge in [0.15, 0.2) is 15.6 Å². The summed E-state index contributed by atoms with van der Waals surface area (Å²) in [4.78, 5) is 16.9. The zero-order valence-corrected chi connectivity index (χ0v) is 16.0. The Hall–Kier alpha value is -2.12. The van der Waals surface area contributed by atoms with Crippen molar-refractivity contribution < 1.29 is 17.6 Å². The lowest BCUT2D eigenvalue weighted by Gasteiger charge is -2.33. The van der Waals surface area contributed by atoms with Crippen molar-refractivity contribution in [3.8, 4) is 0 Å². The van der Waals surface area contributed by atoms with Crippen LogP contribution >= 0.6 is 0 Å². The van der Waals surface area contributed by atoms with Gasteiger partial charge < -0.3 is 14.2 Å². The van der Waals surface area contributed by atoms with Gasteiger partial charge in [0.2, 0.25) is 0 Å². The van der Waals surface area contributed by atoms with Gasteiger partial charge >= 0.3 is 0 Å². The summed E-state index contributed by atoms with van der Waals surface area (Å²) in [5.74, 6) is 0.0448. The van der Waals surface area contributed by atoms with Gasteiger partial charge in [-0.15, -0.1) is 0 Å². The van der Waals surface area contributed by atoms with E-state index in [9.17, 15) is 13.2 Å². The smallest absolute Gasteiger partial charge is 0.289 e. The highest BCUT2D eigenvalue weighted by Gasteiger charge is 2.25. The summed E-state index contributed by atoms with van der Waals surface area (Å²) < 4.78 is 30.8. The molecule has 0 bridgehead atoms. The standard InChI is InChI=1S/C19H24N2O4S/c1-3-20-10-12-21(13-11-20)19(22)17-9-8-16(25-17)14-26(23,24)18-7-5-4-6-15(18)2/h4-9H,3,10-14H2,1-2H3. The lowest BCUT2D eigenvalue weighted by atomic mass is 10.2. The Morgan fingerprint density at radius 3 is 2.42 bits per heavy atom. The highest BCUT2D eigenvalue weighted by atomic mass is 32.2. The van der Waals surface area contributed by atoms with Crippen molar-refractivity contribution in [3.05, 3.63) is 53.5 Å². The zero-order chi connectivity index (χ0) is 18.7. The molecule has 1 aliphatic rings. The van der Waals surface area contributed by atoms with E-state index in [1.165, 1.54) is 0 Å². The number of sulfone groups is 1. The molecule has 6 nitrogen and oxygen atoms in total. The van der Waals surface area contributed by atoms with E-state index >= 15 is 0 Å². The molecule has 3 rings (SSSR count). The molecule has 0 unspecified atom stereocenters. The van der Waals surface area contributed by atoms with Crippen molar-refractivity contribution in [2.45, 2.75) is 24.5 Å². The van der Waals surface area contributed by atoms with Crippen molar-refractivity contribution in [2.75, 3.05) is 32.7 Å². The molecular formula is C19H24N2O4S. The quantitative estimate of drug-likeness (QED) is 0.801. The molecule has 1 aromatic heterocycles. The molecular weight excluding hydrogens is 352 g/mol. The van der Waals surface area contributed by atoms with Gasteiger partial charge in [0.25, 0.3) is 5.91 Å². The van der Waals surface area contributed by atoms with Crippen molar-refractivity contribution in [1.29, 1.82) is 0 Å². The van der Waals surface area contributed by atoms with Crippen LogP contribution < -0.4 is 0 Å². The van der Waals surface area contributed by atoms with E-state index in [4.69, 9.17) is 4.42 Å². The van der Waals surface area contributed by atoms with E-state index in [2.05, 4.69) is 11.8 Å². The molecule has 26 heavy (non-hydrogen) atoms. The second kappa shape index (κ2) is 7.63. The summed E-state index contributed by atoms with van der Waals surface area (Å²) in [6.07, 6.45) is 0. The van der Waals surface area contributed by atoms with Crippen LogP contribution in [0.4, 0.5) is 0 Å². The molecule has 1 amide bonds. The maximum absolute atomic E-state index is 12.6. The van der Waals surface area contributed by atoms with Crippen LogP contribution in [-0.4, -0.2) is 56.8 Å². The Kier molecular flexibility index (Phi) is 5.48. The molecule has 1 saturated heterocycles. The first-order chi connectivity index (χ1) is 12.4. The van der Waals surface area contributed by atoms with E-state index in [0.29, 0.717) is 23.5 Å². The van der Waals surface area contributed by atoms with E-state index in [1.54, 1.807) is 48.2 Å². The molecule has 0 N–H and O–H groups in total. The number of piperazine rings is 1. The Bertz CT molecular complexity index is 880. The van der Waals surface area contributed by atoms with Gasteiger partial charge in [0.1, 0.15) is 11.5 Å². The monoisotopic (exact) mass is 376 g/mol. The number of likely N-dealkylation sites (N-methyl/N-ethyl adjacent to an activating group) is 1.